The minimum Gasteiger partial charge on any atom is -0.456 e. The number of para-hydroxylation sites is 4. The van der Waals surface area contributed by atoms with Crippen LogP contribution in [0, 0.1) is 0 Å². The lowest BCUT2D eigenvalue weighted by Crippen LogP contribution is -2.89. The molecule has 59 heavy (non-hydrogen) atoms. The van der Waals surface area contributed by atoms with Gasteiger partial charge in [0.15, 0.2) is 0 Å². The minimum absolute atomic E-state index is 0.264. The van der Waals surface area contributed by atoms with E-state index >= 15 is 0 Å². The molecule has 1 aromatic heterocycles. The fourth-order valence-electron chi connectivity index (χ4n) is 9.17. The van der Waals surface area contributed by atoms with Crippen molar-refractivity contribution in [2.75, 3.05) is 9.44 Å². The zero-order chi connectivity index (χ0) is 39.1. The van der Waals surface area contributed by atoms with E-state index in [1.807, 2.05) is 6.07 Å². The van der Waals surface area contributed by atoms with E-state index in [4.69, 9.17) is 9.14 Å². The number of hydrogen-bond acceptors (Lipinski definition) is 5. The SMILES string of the molecule is c1ccc(B2OB(c3ccc(-n4c5ccccc5c5ccccc54)cc3)N3B(O2)N(c2ccccc2)B(c2ccccc2)N(c2ccccc2)B3c2ccccc2)cc1. The summed E-state index contributed by atoms with van der Waals surface area (Å²) in [7, 11) is -1.74. The first-order valence-corrected chi connectivity index (χ1v) is 20.3. The molecule has 0 aliphatic carbocycles. The van der Waals surface area contributed by atoms with E-state index in [-0.39, 0.29) is 14.0 Å². The third kappa shape index (κ3) is 6.26. The van der Waals surface area contributed by atoms with Crippen LogP contribution in [-0.2, 0) is 9.14 Å². The second kappa shape index (κ2) is 15.3. The molecule has 2 saturated heterocycles. The fourth-order valence-corrected chi connectivity index (χ4v) is 9.17. The van der Waals surface area contributed by atoms with Gasteiger partial charge in [0.1, 0.15) is 0 Å². The van der Waals surface area contributed by atoms with E-state index in [0.717, 1.165) is 38.9 Å². The summed E-state index contributed by atoms with van der Waals surface area (Å²) in [6.45, 7) is -0.576. The van der Waals surface area contributed by atoms with Gasteiger partial charge in [-0.3, -0.25) is 0 Å². The number of benzene rings is 8. The van der Waals surface area contributed by atoms with Crippen molar-refractivity contribution < 1.29 is 9.14 Å². The van der Waals surface area contributed by atoms with Crippen molar-refractivity contribution in [3.8, 4) is 5.69 Å². The molecular weight excluding hydrogens is 719 g/mol. The molecule has 0 bridgehead atoms. The summed E-state index contributed by atoms with van der Waals surface area (Å²) in [4.78, 5) is 0. The van der Waals surface area contributed by atoms with Gasteiger partial charge in [-0.25, -0.2) is 0 Å². The molecule has 8 aromatic carbocycles. The number of rotatable bonds is 7. The molecule has 0 saturated carbocycles. The van der Waals surface area contributed by atoms with Crippen LogP contribution in [0.4, 0.5) is 11.4 Å². The first-order chi connectivity index (χ1) is 29.3. The maximum absolute atomic E-state index is 7.36. The van der Waals surface area contributed by atoms with Gasteiger partial charge in [0, 0.05) is 27.8 Å². The molecule has 0 unspecified atom stereocenters. The molecule has 0 spiro atoms. The largest absolute Gasteiger partial charge is 0.469 e. The van der Waals surface area contributed by atoms with Crippen LogP contribution >= 0.6 is 0 Å². The van der Waals surface area contributed by atoms with Crippen LogP contribution in [-0.4, -0.2) is 44.5 Å². The Morgan fingerprint density at radius 3 is 1.31 bits per heavy atom. The number of anilines is 2. The Bertz CT molecular complexity index is 2790. The van der Waals surface area contributed by atoms with Crippen molar-refractivity contribution in [2.45, 2.75) is 0 Å². The normalized spacial score (nSPS) is 14.7. The van der Waals surface area contributed by atoms with Crippen LogP contribution < -0.4 is 31.3 Å². The molecule has 9 aromatic rings. The Hall–Kier alpha value is -6.64. The van der Waals surface area contributed by atoms with Gasteiger partial charge in [0.2, 0.25) is 0 Å². The van der Waals surface area contributed by atoms with Gasteiger partial charge in [-0.1, -0.05) is 176 Å². The van der Waals surface area contributed by atoms with E-state index in [1.165, 1.54) is 21.8 Å². The highest BCUT2D eigenvalue weighted by Crippen LogP contribution is 2.35. The molecule has 0 N–H and O–H groups in total. The molecule has 11 rings (SSSR count). The summed E-state index contributed by atoms with van der Waals surface area (Å²) in [5.41, 5.74) is 9.85. The molecule has 2 fully saturated rings. The topological polar surface area (TPSA) is 33.1 Å². The van der Waals surface area contributed by atoms with Crippen molar-refractivity contribution in [3.63, 3.8) is 0 Å². The number of fused-ring (bicyclic) bond motifs is 4. The zero-order valence-corrected chi connectivity index (χ0v) is 32.4. The third-order valence-electron chi connectivity index (χ3n) is 11.7. The first-order valence-electron chi connectivity index (χ1n) is 20.3. The Morgan fingerprint density at radius 2 is 0.763 bits per heavy atom. The molecular formula is C48H37B5N4O2. The molecule has 11 heteroatoms. The monoisotopic (exact) mass is 756 g/mol. The Kier molecular flexibility index (Phi) is 9.19. The Balaban J connectivity index is 1.14. The fraction of sp³-hybridized carbons (Fsp3) is 0. The maximum Gasteiger partial charge on any atom is 0.469 e. The van der Waals surface area contributed by atoms with E-state index in [9.17, 15) is 0 Å². The molecule has 3 heterocycles. The lowest BCUT2D eigenvalue weighted by atomic mass is 9.36. The van der Waals surface area contributed by atoms with Gasteiger partial charge in [-0.05, 0) is 70.4 Å². The molecule has 0 amide bonds. The minimum atomic E-state index is -0.651. The zero-order valence-electron chi connectivity index (χ0n) is 32.4. The average molecular weight is 756 g/mol. The highest BCUT2D eigenvalue weighted by Gasteiger charge is 2.62. The van der Waals surface area contributed by atoms with Crippen LogP contribution in [0.15, 0.2) is 224 Å². The van der Waals surface area contributed by atoms with Crippen LogP contribution in [0.1, 0.15) is 0 Å². The number of nitrogens with zero attached hydrogens (tertiary/aromatic N) is 4. The average Bonchev–Trinajstić information content (AvgIpc) is 3.66. The second-order valence-corrected chi connectivity index (χ2v) is 15.2. The van der Waals surface area contributed by atoms with Crippen LogP contribution in [0.25, 0.3) is 27.5 Å². The summed E-state index contributed by atoms with van der Waals surface area (Å²) in [5, 5.41) is 2.48. The highest BCUT2D eigenvalue weighted by molar-refractivity contribution is 7.12. The van der Waals surface area contributed by atoms with Gasteiger partial charge in [-0.15, -0.1) is 0 Å². The van der Waals surface area contributed by atoms with Gasteiger partial charge < -0.3 is 27.8 Å². The summed E-state index contributed by atoms with van der Waals surface area (Å²) in [6.07, 6.45) is 0. The van der Waals surface area contributed by atoms with E-state index in [1.54, 1.807) is 0 Å². The summed E-state index contributed by atoms with van der Waals surface area (Å²) in [6, 6.07) is 79.6. The van der Waals surface area contributed by atoms with Crippen LogP contribution in [0.3, 0.4) is 0 Å². The van der Waals surface area contributed by atoms with E-state index in [0.29, 0.717) is 0 Å². The number of hydrogen-bond donors (Lipinski definition) is 0. The van der Waals surface area contributed by atoms with Crippen molar-refractivity contribution >= 4 is 90.4 Å². The second-order valence-electron chi connectivity index (χ2n) is 15.2. The van der Waals surface area contributed by atoms with Crippen molar-refractivity contribution in [1.29, 1.82) is 0 Å². The van der Waals surface area contributed by atoms with Crippen LogP contribution in [0.2, 0.25) is 0 Å². The lowest BCUT2D eigenvalue weighted by molar-refractivity contribution is 0.388. The van der Waals surface area contributed by atoms with Crippen LogP contribution in [0.5, 0.6) is 0 Å². The van der Waals surface area contributed by atoms with Crippen molar-refractivity contribution in [1.82, 2.24) is 9.20 Å². The molecule has 0 radical (unpaired) electrons. The smallest absolute Gasteiger partial charge is 0.456 e. The molecule has 276 valence electrons. The highest BCUT2D eigenvalue weighted by atomic mass is 16.6. The predicted molar refractivity (Wildman–Crippen MR) is 249 cm³/mol. The lowest BCUT2D eigenvalue weighted by Gasteiger charge is -2.58. The number of aromatic nitrogens is 1. The van der Waals surface area contributed by atoms with Gasteiger partial charge in [0.05, 0.1) is 11.0 Å². The van der Waals surface area contributed by atoms with Gasteiger partial charge >= 0.3 is 35.3 Å². The summed E-state index contributed by atoms with van der Waals surface area (Å²) < 4.78 is 24.4. The third-order valence-corrected chi connectivity index (χ3v) is 11.7. The Morgan fingerprint density at radius 1 is 0.322 bits per heavy atom. The van der Waals surface area contributed by atoms with Gasteiger partial charge in [-0.2, -0.15) is 0 Å². The maximum atomic E-state index is 7.36. The Labute approximate surface area is 346 Å². The molecule has 0 atom stereocenters. The van der Waals surface area contributed by atoms with E-state index < -0.39 is 21.4 Å². The quantitative estimate of drug-likeness (QED) is 0.164. The molecule has 2 aliphatic heterocycles. The first kappa shape index (κ1) is 35.5. The summed E-state index contributed by atoms with van der Waals surface area (Å²) in [5.74, 6) is 0. The van der Waals surface area contributed by atoms with Crippen molar-refractivity contribution in [2.24, 2.45) is 0 Å². The standard InChI is InChI=1S/C48H37B5N4O2/c1-6-20-38(21-7-1)49-55(43-26-12-4-13-27-43)50(39-22-8-2-9-23-39)57-51(58-52(41-24-10-3-11-25-41)59-53(57)56(49)44-28-14-5-15-29-44)40-34-36-42(37-35-40)54-47-32-18-16-30-45(47)46-31-17-19-33-48(46)54/h1-37H. The van der Waals surface area contributed by atoms with Gasteiger partial charge in [0.25, 0.3) is 0 Å². The molecule has 6 nitrogen and oxygen atoms in total. The van der Waals surface area contributed by atoms with E-state index in [2.05, 4.69) is 237 Å². The predicted octanol–water partition coefficient (Wildman–Crippen LogP) is 7.03. The van der Waals surface area contributed by atoms with Crippen molar-refractivity contribution in [3.05, 3.63) is 224 Å². The molecule has 2 aliphatic rings. The summed E-state index contributed by atoms with van der Waals surface area (Å²) >= 11 is 0.